The van der Waals surface area contributed by atoms with Crippen molar-refractivity contribution in [3.63, 3.8) is 0 Å². The van der Waals surface area contributed by atoms with Gasteiger partial charge in [-0.2, -0.15) is 0 Å². The monoisotopic (exact) mass is 172 g/mol. The molecule has 0 fully saturated rings. The van der Waals surface area contributed by atoms with Crippen LogP contribution in [0.4, 0.5) is 5.69 Å². The van der Waals surface area contributed by atoms with E-state index in [1.54, 1.807) is 18.2 Å². The van der Waals surface area contributed by atoms with Crippen molar-refractivity contribution in [2.24, 2.45) is 0 Å². The second-order valence-corrected chi connectivity index (χ2v) is 2.81. The number of hydrazine groups is 1. The molecule has 0 unspecified atom stereocenters. The van der Waals surface area contributed by atoms with Crippen LogP contribution in [0.2, 0.25) is 0 Å². The summed E-state index contributed by atoms with van der Waals surface area (Å²) in [6.07, 6.45) is 5.23. The van der Waals surface area contributed by atoms with E-state index in [-0.39, 0.29) is 5.78 Å². The summed E-state index contributed by atoms with van der Waals surface area (Å²) in [6, 6.07) is 5.33. The van der Waals surface area contributed by atoms with E-state index in [4.69, 9.17) is 6.42 Å². The van der Waals surface area contributed by atoms with Crippen molar-refractivity contribution in [1.29, 1.82) is 0 Å². The first kappa shape index (κ1) is 7.84. The maximum absolute atomic E-state index is 11.4. The molecule has 0 spiro atoms. The average molecular weight is 172 g/mol. The predicted molar refractivity (Wildman–Crippen MR) is 50.3 cm³/mol. The number of carbonyl (C=O) groups excluding carboxylic acids is 1. The van der Waals surface area contributed by atoms with Crippen molar-refractivity contribution in [3.8, 4) is 12.3 Å². The Balaban J connectivity index is 2.55. The summed E-state index contributed by atoms with van der Waals surface area (Å²) in [6.45, 7) is 0.307. The summed E-state index contributed by atoms with van der Waals surface area (Å²) < 4.78 is 0. The molecule has 3 nitrogen and oxygen atoms in total. The molecule has 1 aromatic rings. The normalized spacial score (nSPS) is 14.2. The molecule has 1 aliphatic rings. The molecule has 0 aliphatic carbocycles. The summed E-state index contributed by atoms with van der Waals surface area (Å²) in [5.41, 5.74) is 7.86. The minimum absolute atomic E-state index is 0.0610. The van der Waals surface area contributed by atoms with Gasteiger partial charge in [0.2, 0.25) is 0 Å². The summed E-state index contributed by atoms with van der Waals surface area (Å²) >= 11 is 0. The number of benzene rings is 1. The Kier molecular flexibility index (Phi) is 1.76. The first-order chi connectivity index (χ1) is 6.31. The molecule has 0 atom stereocenters. The molecule has 3 heteroatoms. The lowest BCUT2D eigenvalue weighted by Gasteiger charge is -2.17. The smallest absolute Gasteiger partial charge is 0.180 e. The number of hydrogen-bond donors (Lipinski definition) is 2. The van der Waals surface area contributed by atoms with Crippen molar-refractivity contribution < 1.29 is 4.79 Å². The molecular weight excluding hydrogens is 164 g/mol. The number of hydrogen-bond acceptors (Lipinski definition) is 3. The first-order valence-corrected chi connectivity index (χ1v) is 3.94. The van der Waals surface area contributed by atoms with Gasteiger partial charge in [0.05, 0.1) is 12.2 Å². The number of carbonyl (C=O) groups is 1. The highest BCUT2D eigenvalue weighted by Gasteiger charge is 2.15. The zero-order chi connectivity index (χ0) is 9.26. The topological polar surface area (TPSA) is 41.1 Å². The average Bonchev–Trinajstić information content (AvgIpc) is 2.18. The standard InChI is InChI=1S/C10H8N2O/c1-2-7-3-4-9-8(5-7)10(13)6-11-12-9/h1,3-5,11-12H,6H2. The lowest BCUT2D eigenvalue weighted by Crippen LogP contribution is -2.34. The van der Waals surface area contributed by atoms with Crippen molar-refractivity contribution in [1.82, 2.24) is 5.43 Å². The van der Waals surface area contributed by atoms with Gasteiger partial charge in [0.15, 0.2) is 5.78 Å². The largest absolute Gasteiger partial charge is 0.320 e. The lowest BCUT2D eigenvalue weighted by atomic mass is 10.0. The molecule has 13 heavy (non-hydrogen) atoms. The van der Waals surface area contributed by atoms with E-state index in [9.17, 15) is 4.79 Å². The number of ketones is 1. The van der Waals surface area contributed by atoms with E-state index in [1.165, 1.54) is 0 Å². The number of nitrogens with one attached hydrogen (secondary N) is 2. The zero-order valence-electron chi connectivity index (χ0n) is 6.92. The van der Waals surface area contributed by atoms with Gasteiger partial charge in [-0.3, -0.25) is 4.79 Å². The van der Waals surface area contributed by atoms with E-state index < -0.39 is 0 Å². The fourth-order valence-corrected chi connectivity index (χ4v) is 1.29. The van der Waals surface area contributed by atoms with Gasteiger partial charge in [-0.25, -0.2) is 5.43 Å². The predicted octanol–water partition coefficient (Wildman–Crippen LogP) is 0.781. The van der Waals surface area contributed by atoms with Crippen LogP contribution >= 0.6 is 0 Å². The third-order valence-corrected chi connectivity index (χ3v) is 1.96. The van der Waals surface area contributed by atoms with Crippen molar-refractivity contribution in [3.05, 3.63) is 29.3 Å². The SMILES string of the molecule is C#Cc1ccc2c(c1)C(=O)CNN2. The molecule has 1 aromatic carbocycles. The van der Waals surface area contributed by atoms with Gasteiger partial charge in [0.25, 0.3) is 0 Å². The Bertz CT molecular complexity index is 404. The Morgan fingerprint density at radius 1 is 1.46 bits per heavy atom. The van der Waals surface area contributed by atoms with Crippen LogP contribution in [0.15, 0.2) is 18.2 Å². The molecule has 0 aromatic heterocycles. The van der Waals surface area contributed by atoms with Crippen molar-refractivity contribution >= 4 is 11.5 Å². The quantitative estimate of drug-likeness (QED) is 0.568. The molecule has 0 radical (unpaired) electrons. The van der Waals surface area contributed by atoms with Gasteiger partial charge in [0.1, 0.15) is 0 Å². The molecule has 2 rings (SSSR count). The summed E-state index contributed by atoms with van der Waals surface area (Å²) in [5.74, 6) is 2.56. The Hall–Kier alpha value is -1.79. The summed E-state index contributed by atoms with van der Waals surface area (Å²) in [4.78, 5) is 11.4. The Morgan fingerprint density at radius 2 is 2.31 bits per heavy atom. The zero-order valence-corrected chi connectivity index (χ0v) is 6.92. The minimum atomic E-state index is 0.0610. The van der Waals surface area contributed by atoms with Crippen LogP contribution in [0.3, 0.4) is 0 Å². The van der Waals surface area contributed by atoms with E-state index in [1.807, 2.05) is 0 Å². The van der Waals surface area contributed by atoms with Gasteiger partial charge in [-0.15, -0.1) is 6.42 Å². The third kappa shape index (κ3) is 1.28. The van der Waals surface area contributed by atoms with E-state index >= 15 is 0 Å². The van der Waals surface area contributed by atoms with E-state index in [0.29, 0.717) is 12.1 Å². The number of rotatable bonds is 0. The minimum Gasteiger partial charge on any atom is -0.320 e. The van der Waals surface area contributed by atoms with Crippen LogP contribution in [-0.4, -0.2) is 12.3 Å². The van der Waals surface area contributed by atoms with Crippen LogP contribution in [0.25, 0.3) is 0 Å². The Morgan fingerprint density at radius 3 is 3.08 bits per heavy atom. The number of fused-ring (bicyclic) bond motifs is 1. The highest BCUT2D eigenvalue weighted by molar-refractivity contribution is 6.04. The molecule has 0 saturated heterocycles. The molecule has 64 valence electrons. The first-order valence-electron chi connectivity index (χ1n) is 3.94. The van der Waals surface area contributed by atoms with Crippen LogP contribution < -0.4 is 10.9 Å². The molecule has 0 bridgehead atoms. The molecule has 0 saturated carbocycles. The molecule has 1 aliphatic heterocycles. The number of terminal acetylenes is 1. The van der Waals surface area contributed by atoms with Gasteiger partial charge >= 0.3 is 0 Å². The van der Waals surface area contributed by atoms with Crippen LogP contribution in [0.5, 0.6) is 0 Å². The van der Waals surface area contributed by atoms with Gasteiger partial charge in [-0.05, 0) is 18.2 Å². The maximum atomic E-state index is 11.4. The van der Waals surface area contributed by atoms with Crippen LogP contribution in [0.1, 0.15) is 15.9 Å². The van der Waals surface area contributed by atoms with E-state index in [2.05, 4.69) is 16.8 Å². The highest BCUT2D eigenvalue weighted by Crippen LogP contribution is 2.19. The fourth-order valence-electron chi connectivity index (χ4n) is 1.29. The van der Waals surface area contributed by atoms with Crippen molar-refractivity contribution in [2.45, 2.75) is 0 Å². The highest BCUT2D eigenvalue weighted by atomic mass is 16.1. The van der Waals surface area contributed by atoms with Gasteiger partial charge < -0.3 is 5.43 Å². The number of Topliss-reactive ketones (excluding diaryl/α,β-unsaturated/α-hetero) is 1. The van der Waals surface area contributed by atoms with Crippen LogP contribution in [-0.2, 0) is 0 Å². The van der Waals surface area contributed by atoms with Gasteiger partial charge in [-0.1, -0.05) is 5.92 Å². The Labute approximate surface area is 76.1 Å². The third-order valence-electron chi connectivity index (χ3n) is 1.96. The fraction of sp³-hybridized carbons (Fsp3) is 0.100. The van der Waals surface area contributed by atoms with Gasteiger partial charge in [0, 0.05) is 11.1 Å². The maximum Gasteiger partial charge on any atom is 0.180 e. The van der Waals surface area contributed by atoms with Crippen molar-refractivity contribution in [2.75, 3.05) is 12.0 Å². The molecule has 1 heterocycles. The molecule has 0 amide bonds. The summed E-state index contributed by atoms with van der Waals surface area (Å²) in [5, 5.41) is 0. The second-order valence-electron chi connectivity index (χ2n) is 2.81. The number of anilines is 1. The second kappa shape index (κ2) is 2.92. The molecule has 2 N–H and O–H groups in total. The van der Waals surface area contributed by atoms with Crippen LogP contribution in [0, 0.1) is 12.3 Å². The lowest BCUT2D eigenvalue weighted by molar-refractivity contribution is 0.0989. The van der Waals surface area contributed by atoms with E-state index in [0.717, 1.165) is 11.3 Å². The molecular formula is C10H8N2O. The summed E-state index contributed by atoms with van der Waals surface area (Å²) in [7, 11) is 0.